The van der Waals surface area contributed by atoms with Crippen LogP contribution in [0.25, 0.3) is 0 Å². The molecule has 10 N–H and O–H groups in total. The Kier molecular flexibility index (Phi) is 15.1. The SMILES string of the molecule is C[C@@H]1CC[C@@]2(OC1)O[C@H]1C[C@H]3[C@@H]4CC=C5C[C@@H](O[C@@H]6O[C@H](CO)[C@@H](O[C@@H]7O[C@@H](C)[C@H](O[C@@H]8O[C@@H](C)[C@H](O)[C@@H](O)[C@H]8O)[C@@H](O)[C@H]7O)[C@H](O)[C@H]6O[C@@H]6O[C@@H](C)[C@H](O)[C@@H](O)[C@H]6O)CC[C@]5(C)[C@@H]4CC[C@]3(C)[C@H]1[C@@H]2C. The number of ether oxygens (including phenoxy) is 10. The lowest BCUT2D eigenvalue weighted by Crippen LogP contribution is -2.67. The molecule has 0 aromatic rings. The van der Waals surface area contributed by atoms with E-state index in [4.69, 9.17) is 47.4 Å². The first-order chi connectivity index (χ1) is 33.6. The van der Waals surface area contributed by atoms with Gasteiger partial charge >= 0.3 is 0 Å². The zero-order valence-electron chi connectivity index (χ0n) is 42.1. The van der Waals surface area contributed by atoms with E-state index in [1.807, 2.05) is 0 Å². The molecular weight excluding hydrogens is 933 g/mol. The van der Waals surface area contributed by atoms with Crippen LogP contribution in [0.1, 0.15) is 106 Å². The van der Waals surface area contributed by atoms with Gasteiger partial charge in [-0.1, -0.05) is 39.3 Å². The smallest absolute Gasteiger partial charge is 0.187 e. The molecule has 1 spiro atoms. The highest BCUT2D eigenvalue weighted by Gasteiger charge is 2.69. The molecule has 3 saturated carbocycles. The van der Waals surface area contributed by atoms with Crippen molar-refractivity contribution in [1.82, 2.24) is 0 Å². The lowest BCUT2D eigenvalue weighted by Gasteiger charge is -2.59. The van der Waals surface area contributed by atoms with Gasteiger partial charge in [0, 0.05) is 12.3 Å². The molecule has 0 amide bonds. The highest BCUT2D eigenvalue weighted by atomic mass is 16.8. The molecule has 0 radical (unpaired) electrons. The molecule has 406 valence electrons. The number of aliphatic hydroxyl groups is 10. The van der Waals surface area contributed by atoms with Crippen molar-refractivity contribution in [3.05, 3.63) is 11.6 Å². The zero-order chi connectivity index (χ0) is 50.8. The molecule has 71 heavy (non-hydrogen) atoms. The fourth-order valence-electron chi connectivity index (χ4n) is 15.4. The Morgan fingerprint density at radius 2 is 1.20 bits per heavy atom. The Balaban J connectivity index is 0.836. The third-order valence-electron chi connectivity index (χ3n) is 19.7. The first-order valence-electron chi connectivity index (χ1n) is 26.6. The van der Waals surface area contributed by atoms with Gasteiger partial charge in [-0.25, -0.2) is 0 Å². The van der Waals surface area contributed by atoms with Gasteiger partial charge in [0.15, 0.2) is 30.9 Å². The number of hydrogen-bond acceptors (Lipinski definition) is 20. The third-order valence-corrected chi connectivity index (χ3v) is 19.7. The molecule has 0 aromatic carbocycles. The van der Waals surface area contributed by atoms with Crippen LogP contribution in [-0.2, 0) is 47.4 Å². The number of allylic oxidation sites excluding steroid dienone is 1. The Labute approximate surface area is 415 Å². The van der Waals surface area contributed by atoms with Crippen molar-refractivity contribution in [3.63, 3.8) is 0 Å². The Morgan fingerprint density at radius 3 is 1.82 bits per heavy atom. The van der Waals surface area contributed by atoms with Crippen molar-refractivity contribution in [1.29, 1.82) is 0 Å². The van der Waals surface area contributed by atoms with Crippen molar-refractivity contribution >= 4 is 0 Å². The number of rotatable bonds is 9. The summed E-state index contributed by atoms with van der Waals surface area (Å²) in [6.07, 6.45) is -19.0. The van der Waals surface area contributed by atoms with Crippen LogP contribution in [0.5, 0.6) is 0 Å². The van der Waals surface area contributed by atoms with E-state index in [1.54, 1.807) is 0 Å². The van der Waals surface area contributed by atoms with E-state index in [-0.39, 0.29) is 16.9 Å². The molecule has 20 nitrogen and oxygen atoms in total. The standard InChI is InChI=1S/C51H82O20/c1-20-10-15-51(62-19-20)21(2)32-30(71-51)17-29-27-9-8-25-16-26(11-13-49(25,6)28(27)12-14-50(29,32)7)66-48-44(70-46-39(59)36(56)34(54)23(4)64-46)41(61)43(31(18-52)67-48)69-47-40(60)37(57)42(24(5)65-47)68-45-38(58)35(55)33(53)22(3)63-45/h8,20-24,26-48,52-61H,9-19H2,1-7H3/t20-,21+,22+,23+,24+,26+,27-,28-,29+,30+,31-,32+,33+,34+,35-,36-,37+,38-,39-,40-,41+,42+,43-,44-,45+,46+,47+,48-,49+,50+,51-/m1/s1. The summed E-state index contributed by atoms with van der Waals surface area (Å²) in [5.74, 6) is 2.46. The first kappa shape index (κ1) is 53.3. The van der Waals surface area contributed by atoms with Gasteiger partial charge in [0.05, 0.1) is 43.7 Å². The Morgan fingerprint density at radius 1 is 0.592 bits per heavy atom. The third kappa shape index (κ3) is 9.03. The van der Waals surface area contributed by atoms with E-state index in [0.29, 0.717) is 48.3 Å². The van der Waals surface area contributed by atoms with Crippen molar-refractivity contribution < 1.29 is 98.4 Å². The highest BCUT2D eigenvalue weighted by Crippen LogP contribution is 2.71. The molecule has 9 fully saturated rings. The fraction of sp³-hybridized carbons (Fsp3) is 0.961. The van der Waals surface area contributed by atoms with Crippen LogP contribution >= 0.6 is 0 Å². The van der Waals surface area contributed by atoms with E-state index in [2.05, 4.69) is 33.8 Å². The Hall–Kier alpha value is -1.06. The Bertz CT molecular complexity index is 1890. The van der Waals surface area contributed by atoms with E-state index < -0.39 is 141 Å². The second-order valence-corrected chi connectivity index (χ2v) is 23.8. The second-order valence-electron chi connectivity index (χ2n) is 23.8. The normalized spacial score (nSPS) is 58.4. The number of fused-ring (bicyclic) bond motifs is 7. The van der Waals surface area contributed by atoms with Gasteiger partial charge in [-0.3, -0.25) is 0 Å². The van der Waals surface area contributed by atoms with Crippen molar-refractivity contribution in [2.45, 2.75) is 247 Å². The van der Waals surface area contributed by atoms with E-state index in [0.717, 1.165) is 51.6 Å². The molecule has 0 bridgehead atoms. The predicted octanol–water partition coefficient (Wildman–Crippen LogP) is 0.0935. The van der Waals surface area contributed by atoms with Crippen LogP contribution in [0.2, 0.25) is 0 Å². The molecule has 0 aromatic heterocycles. The summed E-state index contributed by atoms with van der Waals surface area (Å²) in [5, 5.41) is 109. The summed E-state index contributed by atoms with van der Waals surface area (Å²) < 4.78 is 62.2. The van der Waals surface area contributed by atoms with E-state index >= 15 is 0 Å². The van der Waals surface area contributed by atoms with Gasteiger partial charge in [0.1, 0.15) is 79.4 Å². The minimum Gasteiger partial charge on any atom is -0.394 e. The quantitative estimate of drug-likeness (QED) is 0.137. The van der Waals surface area contributed by atoms with Crippen LogP contribution < -0.4 is 0 Å². The van der Waals surface area contributed by atoms with Gasteiger partial charge in [-0.15, -0.1) is 0 Å². The highest BCUT2D eigenvalue weighted by molar-refractivity contribution is 5.26. The minimum atomic E-state index is -1.85. The van der Waals surface area contributed by atoms with Crippen LogP contribution in [0.3, 0.4) is 0 Å². The maximum atomic E-state index is 12.2. The van der Waals surface area contributed by atoms with Crippen LogP contribution in [0, 0.1) is 46.3 Å². The maximum Gasteiger partial charge on any atom is 0.187 e. The second kappa shape index (κ2) is 20.1. The summed E-state index contributed by atoms with van der Waals surface area (Å²) in [5.41, 5.74) is 1.44. The monoisotopic (exact) mass is 1010 g/mol. The summed E-state index contributed by atoms with van der Waals surface area (Å²) in [6.45, 7) is 14.1. The number of hydrogen-bond donors (Lipinski definition) is 10. The van der Waals surface area contributed by atoms with Gasteiger partial charge in [0.25, 0.3) is 0 Å². The first-order valence-corrected chi connectivity index (χ1v) is 26.6. The summed E-state index contributed by atoms with van der Waals surface area (Å²) in [4.78, 5) is 0. The topological polar surface area (TPSA) is 295 Å². The average molecular weight is 1020 g/mol. The van der Waals surface area contributed by atoms with Gasteiger partial charge in [-0.05, 0) is 113 Å². The lowest BCUT2D eigenvalue weighted by molar-refractivity contribution is -0.394. The number of aliphatic hydroxyl groups excluding tert-OH is 10. The summed E-state index contributed by atoms with van der Waals surface area (Å²) in [7, 11) is 0. The van der Waals surface area contributed by atoms with Crippen LogP contribution in [-0.4, -0.2) is 205 Å². The predicted molar refractivity (Wildman–Crippen MR) is 244 cm³/mol. The molecule has 6 aliphatic heterocycles. The van der Waals surface area contributed by atoms with E-state index in [9.17, 15) is 51.1 Å². The molecular formula is C51H82O20. The molecule has 0 unspecified atom stereocenters. The summed E-state index contributed by atoms with van der Waals surface area (Å²) in [6, 6.07) is 0. The lowest BCUT2D eigenvalue weighted by atomic mass is 9.47. The molecule has 20 heteroatoms. The molecule has 10 aliphatic rings. The molecule has 31 atom stereocenters. The van der Waals surface area contributed by atoms with Gasteiger partial charge < -0.3 is 98.4 Å². The molecule has 4 aliphatic carbocycles. The van der Waals surface area contributed by atoms with Crippen LogP contribution in [0.4, 0.5) is 0 Å². The average Bonchev–Trinajstić information content (AvgIpc) is 3.79. The van der Waals surface area contributed by atoms with Crippen molar-refractivity contribution in [3.8, 4) is 0 Å². The van der Waals surface area contributed by atoms with Crippen LogP contribution in [0.15, 0.2) is 11.6 Å². The van der Waals surface area contributed by atoms with Crippen molar-refractivity contribution in [2.24, 2.45) is 46.3 Å². The largest absolute Gasteiger partial charge is 0.394 e. The maximum absolute atomic E-state index is 12.2. The van der Waals surface area contributed by atoms with Gasteiger partial charge in [-0.2, -0.15) is 0 Å². The zero-order valence-corrected chi connectivity index (χ0v) is 42.1. The van der Waals surface area contributed by atoms with Gasteiger partial charge in [0.2, 0.25) is 0 Å². The summed E-state index contributed by atoms with van der Waals surface area (Å²) >= 11 is 0. The van der Waals surface area contributed by atoms with Crippen molar-refractivity contribution in [2.75, 3.05) is 13.2 Å². The molecule has 6 heterocycles. The fourth-order valence-corrected chi connectivity index (χ4v) is 15.4. The molecule has 10 rings (SSSR count). The minimum absolute atomic E-state index is 0.0569. The van der Waals surface area contributed by atoms with E-state index in [1.165, 1.54) is 26.3 Å². The molecule has 6 saturated heterocycles.